The van der Waals surface area contributed by atoms with Gasteiger partial charge in [0.1, 0.15) is 5.75 Å². The van der Waals surface area contributed by atoms with Crippen molar-refractivity contribution in [2.24, 2.45) is 5.92 Å². The van der Waals surface area contributed by atoms with Crippen molar-refractivity contribution in [1.29, 1.82) is 0 Å². The molecule has 0 heterocycles. The zero-order valence-electron chi connectivity index (χ0n) is 12.6. The molecule has 1 unspecified atom stereocenters. The van der Waals surface area contributed by atoms with Crippen molar-refractivity contribution in [3.05, 3.63) is 30.3 Å². The number of hydrogen-bond donors (Lipinski definition) is 1. The molecule has 21 heavy (non-hydrogen) atoms. The Morgan fingerprint density at radius 3 is 2.52 bits per heavy atom. The molecular weight excluding hydrogens is 270 g/mol. The number of carboxylic acid groups (broad SMARTS) is 1. The highest BCUT2D eigenvalue weighted by Crippen LogP contribution is 2.09. The summed E-state index contributed by atoms with van der Waals surface area (Å²) in [5.41, 5.74) is 0. The normalized spacial score (nSPS) is 11.7. The predicted molar refractivity (Wildman–Crippen MR) is 80.2 cm³/mol. The van der Waals surface area contributed by atoms with E-state index >= 15 is 0 Å². The molecule has 0 bridgehead atoms. The topological polar surface area (TPSA) is 66.8 Å². The van der Waals surface area contributed by atoms with Gasteiger partial charge in [-0.15, -0.1) is 0 Å². The molecule has 0 fully saturated rings. The van der Waals surface area contributed by atoms with E-state index in [1.54, 1.807) is 11.8 Å². The van der Waals surface area contributed by atoms with Crippen molar-refractivity contribution in [1.82, 2.24) is 4.90 Å². The molecule has 1 N–H and O–H groups in total. The Hall–Kier alpha value is -2.04. The smallest absolute Gasteiger partial charge is 0.308 e. The van der Waals surface area contributed by atoms with Crippen LogP contribution >= 0.6 is 0 Å². The van der Waals surface area contributed by atoms with Gasteiger partial charge in [-0.2, -0.15) is 0 Å². The van der Waals surface area contributed by atoms with Gasteiger partial charge in [-0.05, 0) is 18.6 Å². The number of amides is 1. The van der Waals surface area contributed by atoms with E-state index < -0.39 is 11.9 Å². The van der Waals surface area contributed by atoms with Crippen LogP contribution in [0.5, 0.6) is 5.75 Å². The van der Waals surface area contributed by atoms with E-state index in [1.165, 1.54) is 0 Å². The summed E-state index contributed by atoms with van der Waals surface area (Å²) in [4.78, 5) is 24.6. The molecule has 0 aromatic heterocycles. The third-order valence-corrected chi connectivity index (χ3v) is 3.09. The Labute approximate surface area is 125 Å². The highest BCUT2D eigenvalue weighted by molar-refractivity contribution is 5.77. The molecule has 0 aliphatic carbocycles. The predicted octanol–water partition coefficient (Wildman–Crippen LogP) is 2.41. The van der Waals surface area contributed by atoms with Crippen molar-refractivity contribution in [2.75, 3.05) is 19.7 Å². The van der Waals surface area contributed by atoms with E-state index in [0.717, 1.165) is 12.2 Å². The molecule has 1 amide bonds. The van der Waals surface area contributed by atoms with Crippen LogP contribution in [0.2, 0.25) is 0 Å². The van der Waals surface area contributed by atoms with Gasteiger partial charge >= 0.3 is 5.97 Å². The van der Waals surface area contributed by atoms with Gasteiger partial charge in [-0.3, -0.25) is 9.59 Å². The Balaban J connectivity index is 2.43. The highest BCUT2D eigenvalue weighted by Gasteiger charge is 2.19. The molecular formula is C16H23NO4. The Bertz CT molecular complexity index is 447. The third kappa shape index (κ3) is 6.29. The van der Waals surface area contributed by atoms with Crippen molar-refractivity contribution >= 4 is 11.9 Å². The molecule has 0 radical (unpaired) electrons. The molecule has 116 valence electrons. The lowest BCUT2D eigenvalue weighted by atomic mass is 10.1. The van der Waals surface area contributed by atoms with Crippen molar-refractivity contribution < 1.29 is 19.4 Å². The zero-order valence-corrected chi connectivity index (χ0v) is 12.6. The molecule has 1 aromatic rings. The standard InChI is InChI=1S/C16H23NO4/c1-3-10-17(12-13(2)16(19)20)15(18)9-11-21-14-7-5-4-6-8-14/h4-8,13H,3,9-12H2,1-2H3,(H,19,20). The third-order valence-electron chi connectivity index (χ3n) is 3.09. The van der Waals surface area contributed by atoms with Crippen LogP contribution in [0.4, 0.5) is 0 Å². The van der Waals surface area contributed by atoms with E-state index in [-0.39, 0.29) is 18.9 Å². The van der Waals surface area contributed by atoms with Crippen molar-refractivity contribution in [2.45, 2.75) is 26.7 Å². The van der Waals surface area contributed by atoms with Gasteiger partial charge in [0.2, 0.25) is 5.91 Å². The number of nitrogens with zero attached hydrogens (tertiary/aromatic N) is 1. The summed E-state index contributed by atoms with van der Waals surface area (Å²) in [5, 5.41) is 8.94. The minimum absolute atomic E-state index is 0.0686. The van der Waals surface area contributed by atoms with Gasteiger partial charge in [0.25, 0.3) is 0 Å². The van der Waals surface area contributed by atoms with Gasteiger partial charge in [0.05, 0.1) is 18.9 Å². The van der Waals surface area contributed by atoms with Crippen LogP contribution in [0.1, 0.15) is 26.7 Å². The molecule has 0 saturated carbocycles. The van der Waals surface area contributed by atoms with Gasteiger partial charge in [0, 0.05) is 13.1 Å². The highest BCUT2D eigenvalue weighted by atomic mass is 16.5. The van der Waals surface area contributed by atoms with Crippen LogP contribution in [-0.4, -0.2) is 41.6 Å². The van der Waals surface area contributed by atoms with Gasteiger partial charge < -0.3 is 14.7 Å². The maximum absolute atomic E-state index is 12.1. The summed E-state index contributed by atoms with van der Waals surface area (Å²) < 4.78 is 5.49. The van der Waals surface area contributed by atoms with Crippen LogP contribution in [0.25, 0.3) is 0 Å². The zero-order chi connectivity index (χ0) is 15.7. The second kappa shape index (κ2) is 9.00. The van der Waals surface area contributed by atoms with Crippen LogP contribution in [-0.2, 0) is 9.59 Å². The first-order chi connectivity index (χ1) is 10.0. The summed E-state index contributed by atoms with van der Waals surface area (Å²) in [7, 11) is 0. The summed E-state index contributed by atoms with van der Waals surface area (Å²) in [6.07, 6.45) is 1.05. The number of benzene rings is 1. The number of para-hydroxylation sites is 1. The summed E-state index contributed by atoms with van der Waals surface area (Å²) in [6.45, 7) is 4.69. The first-order valence-corrected chi connectivity index (χ1v) is 7.23. The average molecular weight is 293 g/mol. The molecule has 5 nitrogen and oxygen atoms in total. The Morgan fingerprint density at radius 1 is 1.29 bits per heavy atom. The van der Waals surface area contributed by atoms with E-state index in [2.05, 4.69) is 0 Å². The van der Waals surface area contributed by atoms with Crippen LogP contribution in [0.15, 0.2) is 30.3 Å². The molecule has 5 heteroatoms. The molecule has 0 saturated heterocycles. The molecule has 1 atom stereocenters. The fraction of sp³-hybridized carbons (Fsp3) is 0.500. The van der Waals surface area contributed by atoms with Gasteiger partial charge in [-0.1, -0.05) is 32.0 Å². The summed E-state index contributed by atoms with van der Waals surface area (Å²) in [5.74, 6) is -0.785. The maximum atomic E-state index is 12.1. The Kier molecular flexibility index (Phi) is 7.29. The van der Waals surface area contributed by atoms with E-state index in [1.807, 2.05) is 37.3 Å². The average Bonchev–Trinajstić information content (AvgIpc) is 2.47. The molecule has 1 aromatic carbocycles. The fourth-order valence-corrected chi connectivity index (χ4v) is 1.93. The van der Waals surface area contributed by atoms with Gasteiger partial charge in [0.15, 0.2) is 0 Å². The monoisotopic (exact) mass is 293 g/mol. The first kappa shape index (κ1) is 17.0. The van der Waals surface area contributed by atoms with E-state index in [9.17, 15) is 9.59 Å². The Morgan fingerprint density at radius 2 is 1.95 bits per heavy atom. The molecule has 0 aliphatic heterocycles. The maximum Gasteiger partial charge on any atom is 0.308 e. The quantitative estimate of drug-likeness (QED) is 0.759. The lowest BCUT2D eigenvalue weighted by Crippen LogP contribution is -2.38. The van der Waals surface area contributed by atoms with Crippen LogP contribution in [0, 0.1) is 5.92 Å². The van der Waals surface area contributed by atoms with Crippen LogP contribution in [0.3, 0.4) is 0 Å². The minimum atomic E-state index is -0.885. The van der Waals surface area contributed by atoms with Crippen molar-refractivity contribution in [3.63, 3.8) is 0 Å². The van der Waals surface area contributed by atoms with Crippen molar-refractivity contribution in [3.8, 4) is 5.75 Å². The lowest BCUT2D eigenvalue weighted by Gasteiger charge is -2.24. The molecule has 1 rings (SSSR count). The number of carbonyl (C=O) groups is 2. The SMILES string of the molecule is CCCN(CC(C)C(=O)O)C(=O)CCOc1ccccc1. The number of carbonyl (C=O) groups excluding carboxylic acids is 1. The van der Waals surface area contributed by atoms with Gasteiger partial charge in [-0.25, -0.2) is 0 Å². The number of carboxylic acids is 1. The van der Waals surface area contributed by atoms with E-state index in [4.69, 9.17) is 9.84 Å². The largest absolute Gasteiger partial charge is 0.493 e. The number of hydrogen-bond acceptors (Lipinski definition) is 3. The number of rotatable bonds is 9. The van der Waals surface area contributed by atoms with Crippen LogP contribution < -0.4 is 4.74 Å². The lowest BCUT2D eigenvalue weighted by molar-refractivity contribution is -0.143. The summed E-state index contributed by atoms with van der Waals surface area (Å²) >= 11 is 0. The second-order valence-electron chi connectivity index (χ2n) is 4.99. The number of aliphatic carboxylic acids is 1. The number of ether oxygens (including phenoxy) is 1. The second-order valence-corrected chi connectivity index (χ2v) is 4.99. The summed E-state index contributed by atoms with van der Waals surface area (Å²) in [6, 6.07) is 9.31. The molecule has 0 aliphatic rings. The van der Waals surface area contributed by atoms with E-state index in [0.29, 0.717) is 13.2 Å². The first-order valence-electron chi connectivity index (χ1n) is 7.23. The molecule has 0 spiro atoms. The minimum Gasteiger partial charge on any atom is -0.493 e. The fourth-order valence-electron chi connectivity index (χ4n) is 1.93.